The smallest absolute Gasteiger partial charge is 1.00 e. The third-order valence-electron chi connectivity index (χ3n) is 0.514. The van der Waals surface area contributed by atoms with Crippen LogP contribution in [0.25, 0.3) is 0 Å². The molecule has 3 heteroatoms. The van der Waals surface area contributed by atoms with Gasteiger partial charge in [0.2, 0.25) is 0 Å². The summed E-state index contributed by atoms with van der Waals surface area (Å²) < 4.78 is 0. The van der Waals surface area contributed by atoms with Crippen LogP contribution in [0.15, 0.2) is 24.5 Å². The van der Waals surface area contributed by atoms with Crippen LogP contribution in [-0.2, 0) is 0 Å². The van der Waals surface area contributed by atoms with Gasteiger partial charge in [0, 0.05) is 0 Å². The predicted octanol–water partition coefficient (Wildman–Crippen LogP) is -2.50. The van der Waals surface area contributed by atoms with Gasteiger partial charge in [-0.2, -0.15) is 6.07 Å². The molecule has 0 atom stereocenters. The Kier molecular flexibility index (Phi) is 10.4. The van der Waals surface area contributed by atoms with Crippen molar-refractivity contribution in [2.75, 3.05) is 0 Å². The minimum Gasteiger partial charge on any atom is -1.00 e. The first-order valence-electron chi connectivity index (χ1n) is 1.76. The van der Waals surface area contributed by atoms with Crippen LogP contribution in [0, 0.1) is 6.07 Å². The standard InChI is InChI=1S/C5H4N.BrH.Mg/c1-2-4-6-5-3-1;;/h1-2,4-5H;1H;/q-1;;+2/p-1. The Bertz CT molecular complexity index is 84.4. The third kappa shape index (κ3) is 4.55. The molecular weight excluding hydrogens is 178 g/mol. The summed E-state index contributed by atoms with van der Waals surface area (Å²) >= 11 is 0. The number of rotatable bonds is 0. The first-order chi connectivity index (χ1) is 3.00. The Balaban J connectivity index is 0. The van der Waals surface area contributed by atoms with E-state index >= 15 is 0 Å². The first-order valence-corrected chi connectivity index (χ1v) is 1.76. The predicted molar refractivity (Wildman–Crippen MR) is 28.8 cm³/mol. The van der Waals surface area contributed by atoms with Crippen LogP contribution >= 0.6 is 0 Å². The molecule has 0 aromatic carbocycles. The maximum absolute atomic E-state index is 3.73. The van der Waals surface area contributed by atoms with Gasteiger partial charge in [-0.25, -0.2) is 12.1 Å². The topological polar surface area (TPSA) is 12.9 Å². The van der Waals surface area contributed by atoms with Crippen LogP contribution in [0.1, 0.15) is 0 Å². The maximum Gasteiger partial charge on any atom is 2.00 e. The Morgan fingerprint density at radius 1 is 1.38 bits per heavy atom. The van der Waals surface area contributed by atoms with Gasteiger partial charge in [-0.15, -0.1) is 0 Å². The summed E-state index contributed by atoms with van der Waals surface area (Å²) in [4.78, 5) is 3.73. The van der Waals surface area contributed by atoms with Gasteiger partial charge in [0.05, 0.1) is 0 Å². The van der Waals surface area contributed by atoms with E-state index in [9.17, 15) is 0 Å². The van der Waals surface area contributed by atoms with Crippen molar-refractivity contribution >= 4 is 23.1 Å². The van der Waals surface area contributed by atoms with Gasteiger partial charge < -0.3 is 22.0 Å². The Hall–Kier alpha value is 0.396. The molecule has 0 aliphatic heterocycles. The number of hydrogen-bond donors (Lipinski definition) is 0. The number of pyridine rings is 1. The van der Waals surface area contributed by atoms with Crippen molar-refractivity contribution in [1.29, 1.82) is 0 Å². The van der Waals surface area contributed by atoms with E-state index in [0.717, 1.165) is 0 Å². The molecule has 0 unspecified atom stereocenters. The molecule has 1 rings (SSSR count). The summed E-state index contributed by atoms with van der Waals surface area (Å²) in [5.74, 6) is 0. The summed E-state index contributed by atoms with van der Waals surface area (Å²) in [5.41, 5.74) is 0. The normalized spacial score (nSPS) is 6.00. The van der Waals surface area contributed by atoms with E-state index in [1.165, 1.54) is 0 Å². The first kappa shape index (κ1) is 11.2. The summed E-state index contributed by atoms with van der Waals surface area (Å²) in [7, 11) is 0. The van der Waals surface area contributed by atoms with Crippen LogP contribution in [0.3, 0.4) is 0 Å². The molecule has 1 heterocycles. The summed E-state index contributed by atoms with van der Waals surface area (Å²) in [6, 6.07) is 6.43. The fourth-order valence-corrected chi connectivity index (χ4v) is 0.277. The van der Waals surface area contributed by atoms with Gasteiger partial charge in [-0.3, -0.25) is 0 Å². The molecule has 0 radical (unpaired) electrons. The van der Waals surface area contributed by atoms with Crippen LogP contribution in [0.5, 0.6) is 0 Å². The monoisotopic (exact) mass is 181 g/mol. The van der Waals surface area contributed by atoms with E-state index in [0.29, 0.717) is 0 Å². The summed E-state index contributed by atoms with van der Waals surface area (Å²) in [6.45, 7) is 0. The van der Waals surface area contributed by atoms with Gasteiger partial charge in [-0.05, 0) is 0 Å². The average Bonchev–Trinajstić information content (AvgIpc) is 1.72. The number of nitrogens with zero attached hydrogens (tertiary/aromatic N) is 1. The van der Waals surface area contributed by atoms with Crippen molar-refractivity contribution in [3.8, 4) is 0 Å². The maximum atomic E-state index is 3.73. The second kappa shape index (κ2) is 7.40. The minimum atomic E-state index is 0. The van der Waals surface area contributed by atoms with E-state index in [1.807, 2.05) is 12.1 Å². The van der Waals surface area contributed by atoms with Crippen molar-refractivity contribution in [3.05, 3.63) is 30.6 Å². The van der Waals surface area contributed by atoms with E-state index in [-0.39, 0.29) is 40.0 Å². The molecule has 0 saturated carbocycles. The van der Waals surface area contributed by atoms with Gasteiger partial charge >= 0.3 is 23.1 Å². The van der Waals surface area contributed by atoms with Gasteiger partial charge in [-0.1, -0.05) is 12.4 Å². The SMILES string of the molecule is [Br-].[Mg+2].[c-]1cccnc1. The average molecular weight is 182 g/mol. The molecule has 0 spiro atoms. The summed E-state index contributed by atoms with van der Waals surface area (Å²) in [5, 5.41) is 0. The molecule has 1 aromatic heterocycles. The molecule has 0 aliphatic rings. The molecule has 0 aliphatic carbocycles. The van der Waals surface area contributed by atoms with E-state index in [1.54, 1.807) is 12.4 Å². The molecule has 0 amide bonds. The Labute approximate surface area is 75.4 Å². The van der Waals surface area contributed by atoms with Crippen molar-refractivity contribution < 1.29 is 17.0 Å². The Morgan fingerprint density at radius 3 is 2.25 bits per heavy atom. The quantitative estimate of drug-likeness (QED) is 0.319. The Morgan fingerprint density at radius 2 is 2.12 bits per heavy atom. The van der Waals surface area contributed by atoms with Gasteiger partial charge in [0.1, 0.15) is 0 Å². The van der Waals surface area contributed by atoms with E-state index in [4.69, 9.17) is 0 Å². The van der Waals surface area contributed by atoms with Crippen molar-refractivity contribution in [3.63, 3.8) is 0 Å². The van der Waals surface area contributed by atoms with Crippen LogP contribution < -0.4 is 17.0 Å². The van der Waals surface area contributed by atoms with Crippen LogP contribution in [-0.4, -0.2) is 28.0 Å². The zero-order chi connectivity index (χ0) is 4.24. The van der Waals surface area contributed by atoms with Gasteiger partial charge in [0.15, 0.2) is 0 Å². The molecule has 0 saturated heterocycles. The molecule has 0 N–H and O–H groups in total. The largest absolute Gasteiger partial charge is 2.00 e. The molecule has 38 valence electrons. The second-order valence-electron chi connectivity index (χ2n) is 0.953. The zero-order valence-electron chi connectivity index (χ0n) is 4.34. The number of hydrogen-bond acceptors (Lipinski definition) is 1. The van der Waals surface area contributed by atoms with Crippen molar-refractivity contribution in [1.82, 2.24) is 4.98 Å². The molecule has 0 fully saturated rings. The molecular formula is C5H4BrMgN. The van der Waals surface area contributed by atoms with Gasteiger partial charge in [0.25, 0.3) is 0 Å². The van der Waals surface area contributed by atoms with Crippen LogP contribution in [0.4, 0.5) is 0 Å². The molecule has 0 bridgehead atoms. The fourth-order valence-electron chi connectivity index (χ4n) is 0.277. The number of aromatic nitrogens is 1. The van der Waals surface area contributed by atoms with Crippen LogP contribution in [0.2, 0.25) is 0 Å². The molecule has 1 nitrogen and oxygen atoms in total. The molecule has 8 heavy (non-hydrogen) atoms. The minimum absolute atomic E-state index is 0. The second-order valence-corrected chi connectivity index (χ2v) is 0.953. The molecule has 1 aromatic rings. The van der Waals surface area contributed by atoms with E-state index < -0.39 is 0 Å². The summed E-state index contributed by atoms with van der Waals surface area (Å²) in [6.07, 6.45) is 3.34. The number of halogens is 1. The van der Waals surface area contributed by atoms with Crippen molar-refractivity contribution in [2.45, 2.75) is 0 Å². The fraction of sp³-hybridized carbons (Fsp3) is 0. The van der Waals surface area contributed by atoms with E-state index in [2.05, 4.69) is 11.1 Å². The van der Waals surface area contributed by atoms with Crippen molar-refractivity contribution in [2.24, 2.45) is 0 Å². The zero-order valence-corrected chi connectivity index (χ0v) is 7.34. The third-order valence-corrected chi connectivity index (χ3v) is 0.514.